The first-order chi connectivity index (χ1) is 36.6. The molecule has 418 valence electrons. The Morgan fingerprint density at radius 2 is 0.405 bits per heavy atom. The van der Waals surface area contributed by atoms with Gasteiger partial charge < -0.3 is 0 Å². The van der Waals surface area contributed by atoms with Crippen molar-refractivity contribution in [2.24, 2.45) is 0 Å². The zero-order valence-corrected chi connectivity index (χ0v) is 53.5. The molecule has 0 radical (unpaired) electrons. The molecular formula is C68H110S6. The van der Waals surface area contributed by atoms with Crippen molar-refractivity contribution in [2.45, 2.75) is 302 Å². The van der Waals surface area contributed by atoms with Gasteiger partial charge >= 0.3 is 0 Å². The first-order valence-electron chi connectivity index (χ1n) is 31.5. The third-order valence-corrected chi connectivity index (χ3v) is 22.2. The van der Waals surface area contributed by atoms with E-state index in [1.165, 1.54) is 334 Å². The van der Waals surface area contributed by atoms with Crippen LogP contribution in [0, 0.1) is 0 Å². The molecule has 0 amide bonds. The molecule has 0 nitrogen and oxygen atoms in total. The van der Waals surface area contributed by atoms with Crippen LogP contribution in [-0.4, -0.2) is 34.5 Å². The maximum atomic E-state index is 3.94. The monoisotopic (exact) mass is 1120 g/mol. The summed E-state index contributed by atoms with van der Waals surface area (Å²) in [6, 6.07) is 16.2. The summed E-state index contributed by atoms with van der Waals surface area (Å²) in [6.45, 7) is 15.6. The van der Waals surface area contributed by atoms with Crippen molar-refractivity contribution < 1.29 is 0 Å². The molecule has 0 aromatic heterocycles. The molecule has 0 atom stereocenters. The van der Waals surface area contributed by atoms with E-state index in [0.29, 0.717) is 0 Å². The van der Waals surface area contributed by atoms with E-state index in [2.05, 4.69) is 154 Å². The molecule has 4 aromatic rings. The Labute approximate surface area is 484 Å². The highest BCUT2D eigenvalue weighted by Crippen LogP contribution is 2.48. The Balaban J connectivity index is 1.86. The predicted octanol–water partition coefficient (Wildman–Crippen LogP) is 26.4. The second-order valence-electron chi connectivity index (χ2n) is 21.7. The van der Waals surface area contributed by atoms with Gasteiger partial charge in [0.25, 0.3) is 0 Å². The lowest BCUT2D eigenvalue weighted by molar-refractivity contribution is 0.613. The summed E-state index contributed by atoms with van der Waals surface area (Å²) in [5, 5.41) is 8.97. The third kappa shape index (κ3) is 26.6. The highest BCUT2D eigenvalue weighted by Gasteiger charge is 2.19. The molecule has 0 aliphatic carbocycles. The normalized spacial score (nSPS) is 11.9. The average molecular weight is 1120 g/mol. The van der Waals surface area contributed by atoms with E-state index in [0.717, 1.165) is 0 Å². The minimum absolute atomic E-state index is 1.17. The molecular weight excluding hydrogens is 1010 g/mol. The van der Waals surface area contributed by atoms with E-state index in [9.17, 15) is 0 Å². The van der Waals surface area contributed by atoms with E-state index < -0.39 is 0 Å². The van der Waals surface area contributed by atoms with Crippen LogP contribution in [0.2, 0.25) is 0 Å². The topological polar surface area (TPSA) is 0 Å². The lowest BCUT2D eigenvalue weighted by atomic mass is 9.94. The summed E-state index contributed by atoms with van der Waals surface area (Å²) >= 11 is 13.0. The van der Waals surface area contributed by atoms with Crippen LogP contribution in [0.4, 0.5) is 0 Å². The fraction of sp³-hybridized carbons (Fsp3) is 0.706. The van der Waals surface area contributed by atoms with Gasteiger partial charge in [0.2, 0.25) is 0 Å². The molecule has 0 aliphatic heterocycles. The highest BCUT2D eigenvalue weighted by atomic mass is 32.2. The molecule has 0 aliphatic rings. The molecule has 0 spiro atoms. The second-order valence-corrected chi connectivity index (χ2v) is 28.5. The number of rotatable bonds is 50. The lowest BCUT2D eigenvalue weighted by Crippen LogP contribution is -1.94. The van der Waals surface area contributed by atoms with Gasteiger partial charge in [0.1, 0.15) is 0 Å². The quantitative estimate of drug-likeness (QED) is 0.0186. The molecule has 74 heavy (non-hydrogen) atoms. The molecule has 0 N–H and O–H groups in total. The maximum absolute atomic E-state index is 3.94. The first kappa shape index (κ1) is 66.0. The summed E-state index contributed by atoms with van der Waals surface area (Å²) in [4.78, 5) is 9.22. The van der Waals surface area contributed by atoms with Gasteiger partial charge in [-0.3, -0.25) is 0 Å². The SMILES string of the molecule is C=CCCCCCCCCSc1cc2c3cc(SCCCCCCCC)c(SCCCCCCCC)cc3c3cc(SCCCCCCCC)c(SCCCCCCCC)cc3c2cc1SCCCCCCCC. The van der Waals surface area contributed by atoms with Crippen molar-refractivity contribution in [1.29, 1.82) is 0 Å². The van der Waals surface area contributed by atoms with Crippen molar-refractivity contribution in [3.8, 4) is 0 Å². The van der Waals surface area contributed by atoms with Crippen molar-refractivity contribution >= 4 is 103 Å². The predicted molar refractivity (Wildman–Crippen MR) is 353 cm³/mol. The molecule has 0 saturated heterocycles. The van der Waals surface area contributed by atoms with E-state index in [1.807, 2.05) is 0 Å². The molecule has 4 rings (SSSR count). The second kappa shape index (κ2) is 44.3. The summed E-state index contributed by atoms with van der Waals surface area (Å²) in [7, 11) is 0. The number of allylic oxidation sites excluding steroid dienone is 1. The van der Waals surface area contributed by atoms with Crippen LogP contribution >= 0.6 is 70.6 Å². The van der Waals surface area contributed by atoms with Gasteiger partial charge in [0, 0.05) is 29.4 Å². The van der Waals surface area contributed by atoms with Gasteiger partial charge in [-0.25, -0.2) is 0 Å². The number of unbranched alkanes of at least 4 members (excludes halogenated alkanes) is 31. The van der Waals surface area contributed by atoms with E-state index >= 15 is 0 Å². The number of hydrogen-bond donors (Lipinski definition) is 0. The first-order valence-corrected chi connectivity index (χ1v) is 37.4. The van der Waals surface area contributed by atoms with Crippen LogP contribution in [0.1, 0.15) is 272 Å². The molecule has 0 heterocycles. The van der Waals surface area contributed by atoms with Gasteiger partial charge in [-0.2, -0.15) is 0 Å². The summed E-state index contributed by atoms with van der Waals surface area (Å²) in [6.07, 6.45) is 52.1. The Morgan fingerprint density at radius 1 is 0.243 bits per heavy atom. The molecule has 0 fully saturated rings. The highest BCUT2D eigenvalue weighted by molar-refractivity contribution is 8.03. The Bertz CT molecular complexity index is 1980. The maximum Gasteiger partial charge on any atom is 0.0215 e. The molecule has 6 heteroatoms. The molecule has 0 bridgehead atoms. The van der Waals surface area contributed by atoms with Crippen molar-refractivity contribution in [2.75, 3.05) is 34.5 Å². The van der Waals surface area contributed by atoms with Crippen LogP contribution < -0.4 is 0 Å². The van der Waals surface area contributed by atoms with E-state index in [1.54, 1.807) is 0 Å². The zero-order chi connectivity index (χ0) is 52.5. The van der Waals surface area contributed by atoms with Crippen LogP contribution in [0.5, 0.6) is 0 Å². The summed E-state index contributed by atoms with van der Waals surface area (Å²) < 4.78 is 0. The van der Waals surface area contributed by atoms with Crippen LogP contribution in [0.3, 0.4) is 0 Å². The van der Waals surface area contributed by atoms with Crippen LogP contribution in [0.15, 0.2) is 78.4 Å². The Hall–Kier alpha value is -0.500. The minimum atomic E-state index is 1.17. The number of benzene rings is 4. The molecule has 0 saturated carbocycles. The van der Waals surface area contributed by atoms with Gasteiger partial charge in [-0.1, -0.05) is 227 Å². The number of thioether (sulfide) groups is 6. The van der Waals surface area contributed by atoms with Gasteiger partial charge in [-0.15, -0.1) is 77.2 Å². The lowest BCUT2D eigenvalue weighted by Gasteiger charge is -2.20. The summed E-state index contributed by atoms with van der Waals surface area (Å²) in [5.41, 5.74) is 0. The Kier molecular flexibility index (Phi) is 39.5. The van der Waals surface area contributed by atoms with Gasteiger partial charge in [0.15, 0.2) is 0 Å². The standard InChI is InChI=1S/C68H110S6/c1-7-13-19-25-31-32-38-44-50-74-68-56-62-60-54-66(72-48-42-36-29-23-17-11-5)64(70-46-40-34-27-21-15-9-3)52-58(60)57-51-63(69-45-39-33-26-20-14-8-2)65(71-47-41-35-28-22-16-10-4)53-59(57)61(62)55-67(68)73-49-43-37-30-24-18-12-6/h7,51-56H,1,8-50H2,2-6H3. The van der Waals surface area contributed by atoms with Crippen molar-refractivity contribution in [3.63, 3.8) is 0 Å². The minimum Gasteiger partial charge on any atom is -0.125 e. The van der Waals surface area contributed by atoms with Gasteiger partial charge in [0.05, 0.1) is 0 Å². The fourth-order valence-corrected chi connectivity index (χ4v) is 17.2. The van der Waals surface area contributed by atoms with Crippen molar-refractivity contribution in [1.82, 2.24) is 0 Å². The largest absolute Gasteiger partial charge is 0.125 e. The van der Waals surface area contributed by atoms with E-state index in [-0.39, 0.29) is 0 Å². The fourth-order valence-electron chi connectivity index (χ4n) is 10.3. The smallest absolute Gasteiger partial charge is 0.0215 e. The summed E-state index contributed by atoms with van der Waals surface area (Å²) in [5.74, 6) is 7.33. The zero-order valence-electron chi connectivity index (χ0n) is 48.6. The molecule has 4 aromatic carbocycles. The van der Waals surface area contributed by atoms with Crippen molar-refractivity contribution in [3.05, 3.63) is 49.1 Å². The Morgan fingerprint density at radius 3 is 0.581 bits per heavy atom. The molecule has 0 unspecified atom stereocenters. The van der Waals surface area contributed by atoms with Gasteiger partial charge in [-0.05, 0) is 155 Å². The average Bonchev–Trinajstić information content (AvgIpc) is 3.42. The van der Waals surface area contributed by atoms with Crippen LogP contribution in [-0.2, 0) is 0 Å². The van der Waals surface area contributed by atoms with Crippen LogP contribution in [0.25, 0.3) is 32.3 Å². The number of hydrogen-bond acceptors (Lipinski definition) is 6. The third-order valence-electron chi connectivity index (χ3n) is 15.0. The van der Waals surface area contributed by atoms with E-state index in [4.69, 9.17) is 0 Å². The number of fused-ring (bicyclic) bond motifs is 6.